The molecule has 0 spiro atoms. The second-order valence-electron chi connectivity index (χ2n) is 6.80. The number of halogens is 1. The Morgan fingerprint density at radius 3 is 2.20 bits per heavy atom. The lowest BCUT2D eigenvalue weighted by molar-refractivity contribution is -0.124. The molecule has 0 heterocycles. The van der Waals surface area contributed by atoms with Crippen molar-refractivity contribution in [3.8, 4) is 0 Å². The molecule has 2 atom stereocenters. The van der Waals surface area contributed by atoms with E-state index in [9.17, 15) is 13.2 Å². The fourth-order valence-corrected chi connectivity index (χ4v) is 3.81. The third kappa shape index (κ3) is 7.43. The Morgan fingerprint density at radius 1 is 1.16 bits per heavy atom. The summed E-state index contributed by atoms with van der Waals surface area (Å²) in [5, 5.41) is 2.90. The molecule has 0 saturated carbocycles. The first-order chi connectivity index (χ1) is 11.5. The van der Waals surface area contributed by atoms with Crippen LogP contribution in [-0.2, 0) is 14.8 Å². The van der Waals surface area contributed by atoms with Crippen molar-refractivity contribution < 1.29 is 13.2 Å². The highest BCUT2D eigenvalue weighted by Gasteiger charge is 2.29. The molecule has 8 heteroatoms. The molecule has 2 N–H and O–H groups in total. The minimum Gasteiger partial charge on any atom is -0.352 e. The van der Waals surface area contributed by atoms with Gasteiger partial charge in [-0.2, -0.15) is 4.72 Å². The molecule has 1 unspecified atom stereocenters. The predicted molar refractivity (Wildman–Crippen MR) is 104 cm³/mol. The number of hydrogen-bond acceptors (Lipinski definition) is 4. The van der Waals surface area contributed by atoms with Gasteiger partial charge in [-0.25, -0.2) is 8.42 Å². The molecule has 1 aromatic rings. The summed E-state index contributed by atoms with van der Waals surface area (Å²) < 4.78 is 28.4. The number of rotatable bonds is 9. The first kappa shape index (κ1) is 22.1. The first-order valence-corrected chi connectivity index (χ1v) is 10.5. The van der Waals surface area contributed by atoms with Crippen LogP contribution in [0, 0.1) is 5.92 Å². The van der Waals surface area contributed by atoms with Crippen LogP contribution in [0.1, 0.15) is 27.2 Å². The van der Waals surface area contributed by atoms with E-state index >= 15 is 0 Å². The largest absolute Gasteiger partial charge is 0.352 e. The van der Waals surface area contributed by atoms with E-state index in [2.05, 4.69) is 26.0 Å². The SMILES string of the molecule is CC(CCN(C)C)NC(=O)[C@@H](NS(=O)(=O)c1ccc(Br)cc1)C(C)C. The van der Waals surface area contributed by atoms with Gasteiger partial charge in [0.1, 0.15) is 6.04 Å². The maximum absolute atomic E-state index is 12.6. The average Bonchev–Trinajstić information content (AvgIpc) is 2.50. The van der Waals surface area contributed by atoms with Crippen molar-refractivity contribution in [2.45, 2.75) is 44.2 Å². The van der Waals surface area contributed by atoms with Gasteiger partial charge in [-0.1, -0.05) is 29.8 Å². The summed E-state index contributed by atoms with van der Waals surface area (Å²) in [6, 6.07) is 5.46. The molecule has 0 bridgehead atoms. The van der Waals surface area contributed by atoms with Crippen LogP contribution in [-0.4, -0.2) is 51.9 Å². The number of hydrogen-bond donors (Lipinski definition) is 2. The number of amides is 1. The highest BCUT2D eigenvalue weighted by Crippen LogP contribution is 2.16. The lowest BCUT2D eigenvalue weighted by atomic mass is 10.0. The standard InChI is InChI=1S/C17H28BrN3O3S/c1-12(2)16(17(22)19-13(3)10-11-21(4)5)20-25(23,24)15-8-6-14(18)7-9-15/h6-9,12-13,16,20H,10-11H2,1-5H3,(H,19,22)/t13?,16-/m0/s1. The van der Waals surface area contributed by atoms with Gasteiger partial charge in [0.2, 0.25) is 15.9 Å². The second-order valence-corrected chi connectivity index (χ2v) is 9.43. The molecule has 1 rings (SSSR count). The van der Waals surface area contributed by atoms with Crippen LogP contribution in [0.25, 0.3) is 0 Å². The van der Waals surface area contributed by atoms with Gasteiger partial charge < -0.3 is 10.2 Å². The number of nitrogens with zero attached hydrogens (tertiary/aromatic N) is 1. The molecular formula is C17H28BrN3O3S. The zero-order chi connectivity index (χ0) is 19.2. The van der Waals surface area contributed by atoms with Crippen molar-refractivity contribution >= 4 is 31.9 Å². The normalized spacial score (nSPS) is 14.6. The Bertz CT molecular complexity index is 660. The topological polar surface area (TPSA) is 78.5 Å². The molecule has 6 nitrogen and oxygen atoms in total. The fraction of sp³-hybridized carbons (Fsp3) is 0.588. The van der Waals surface area contributed by atoms with Crippen LogP contribution in [0.3, 0.4) is 0 Å². The van der Waals surface area contributed by atoms with Crippen LogP contribution >= 0.6 is 15.9 Å². The van der Waals surface area contributed by atoms with Gasteiger partial charge in [-0.3, -0.25) is 4.79 Å². The zero-order valence-electron chi connectivity index (χ0n) is 15.4. The number of carbonyl (C=O) groups excluding carboxylic acids is 1. The van der Waals surface area contributed by atoms with Gasteiger partial charge in [0.25, 0.3) is 0 Å². The lowest BCUT2D eigenvalue weighted by Gasteiger charge is -2.24. The van der Waals surface area contributed by atoms with Crippen molar-refractivity contribution in [2.75, 3.05) is 20.6 Å². The summed E-state index contributed by atoms with van der Waals surface area (Å²) in [6.45, 7) is 6.40. The van der Waals surface area contributed by atoms with Crippen molar-refractivity contribution in [1.29, 1.82) is 0 Å². The van der Waals surface area contributed by atoms with Crippen molar-refractivity contribution in [1.82, 2.24) is 14.9 Å². The smallest absolute Gasteiger partial charge is 0.241 e. The minimum atomic E-state index is -3.77. The Morgan fingerprint density at radius 2 is 1.72 bits per heavy atom. The lowest BCUT2D eigenvalue weighted by Crippen LogP contribution is -2.51. The minimum absolute atomic E-state index is 0.0339. The van der Waals surface area contributed by atoms with Crippen LogP contribution in [0.5, 0.6) is 0 Å². The van der Waals surface area contributed by atoms with Crippen molar-refractivity contribution in [2.24, 2.45) is 5.92 Å². The molecule has 0 aliphatic carbocycles. The van der Waals surface area contributed by atoms with Gasteiger partial charge >= 0.3 is 0 Å². The molecule has 0 fully saturated rings. The molecule has 142 valence electrons. The third-order valence-corrected chi connectivity index (χ3v) is 5.74. The van der Waals surface area contributed by atoms with Crippen LogP contribution in [0.4, 0.5) is 0 Å². The van der Waals surface area contributed by atoms with E-state index in [4.69, 9.17) is 0 Å². The highest BCUT2D eigenvalue weighted by atomic mass is 79.9. The number of nitrogens with one attached hydrogen (secondary N) is 2. The fourth-order valence-electron chi connectivity index (χ4n) is 2.20. The highest BCUT2D eigenvalue weighted by molar-refractivity contribution is 9.10. The summed E-state index contributed by atoms with van der Waals surface area (Å²) in [7, 11) is 0.172. The van der Waals surface area contributed by atoms with Crippen LogP contribution < -0.4 is 10.0 Å². The summed E-state index contributed by atoms with van der Waals surface area (Å²) >= 11 is 3.28. The Hall–Kier alpha value is -0.960. The van der Waals surface area contributed by atoms with Crippen molar-refractivity contribution in [3.63, 3.8) is 0 Å². The Kier molecular flexibility index (Phi) is 8.53. The summed E-state index contributed by atoms with van der Waals surface area (Å²) in [6.07, 6.45) is 0.795. The summed E-state index contributed by atoms with van der Waals surface area (Å²) in [4.78, 5) is 14.7. The molecule has 0 radical (unpaired) electrons. The van der Waals surface area contributed by atoms with Crippen LogP contribution in [0.15, 0.2) is 33.6 Å². The second kappa shape index (κ2) is 9.66. The third-order valence-electron chi connectivity index (χ3n) is 3.75. The molecule has 0 aliphatic rings. The van der Waals surface area contributed by atoms with Gasteiger partial charge in [0, 0.05) is 10.5 Å². The van der Waals surface area contributed by atoms with E-state index < -0.39 is 16.1 Å². The monoisotopic (exact) mass is 433 g/mol. The van der Waals surface area contributed by atoms with Gasteiger partial charge in [0.05, 0.1) is 4.90 Å². The molecule has 25 heavy (non-hydrogen) atoms. The molecule has 1 amide bonds. The molecule has 0 aromatic heterocycles. The summed E-state index contributed by atoms with van der Waals surface area (Å²) in [5.74, 6) is -0.479. The van der Waals surface area contributed by atoms with E-state index in [1.165, 1.54) is 12.1 Å². The number of sulfonamides is 1. The van der Waals surface area contributed by atoms with E-state index in [0.29, 0.717) is 0 Å². The van der Waals surface area contributed by atoms with Crippen molar-refractivity contribution in [3.05, 3.63) is 28.7 Å². The summed E-state index contributed by atoms with van der Waals surface area (Å²) in [5.41, 5.74) is 0. The predicted octanol–water partition coefficient (Wildman–Crippen LogP) is 2.21. The van der Waals surface area contributed by atoms with E-state index in [1.807, 2.05) is 39.8 Å². The van der Waals surface area contributed by atoms with E-state index in [0.717, 1.165) is 17.4 Å². The van der Waals surface area contributed by atoms with E-state index in [1.54, 1.807) is 12.1 Å². The maximum atomic E-state index is 12.6. The van der Waals surface area contributed by atoms with Crippen LogP contribution in [0.2, 0.25) is 0 Å². The molecule has 1 aromatic carbocycles. The zero-order valence-corrected chi connectivity index (χ0v) is 17.8. The van der Waals surface area contributed by atoms with Gasteiger partial charge in [-0.05, 0) is 64.2 Å². The average molecular weight is 434 g/mol. The molecular weight excluding hydrogens is 406 g/mol. The number of benzene rings is 1. The quantitative estimate of drug-likeness (QED) is 0.625. The molecule has 0 aliphatic heterocycles. The van der Waals surface area contributed by atoms with Gasteiger partial charge in [-0.15, -0.1) is 0 Å². The number of carbonyl (C=O) groups is 1. The maximum Gasteiger partial charge on any atom is 0.241 e. The van der Waals surface area contributed by atoms with Gasteiger partial charge in [0.15, 0.2) is 0 Å². The van der Waals surface area contributed by atoms with E-state index in [-0.39, 0.29) is 22.8 Å². The molecule has 0 saturated heterocycles. The first-order valence-electron chi connectivity index (χ1n) is 8.26. The Balaban J connectivity index is 2.82. The Labute approximate surface area is 159 Å².